The van der Waals surface area contributed by atoms with Gasteiger partial charge >= 0.3 is 0 Å². The zero-order chi connectivity index (χ0) is 14.2. The van der Waals surface area contributed by atoms with Gasteiger partial charge in [0.25, 0.3) is 0 Å². The van der Waals surface area contributed by atoms with Crippen molar-refractivity contribution in [2.45, 2.75) is 51.0 Å². The molecular weight excluding hydrogens is 246 g/mol. The van der Waals surface area contributed by atoms with Crippen LogP contribution in [0.25, 0.3) is 10.9 Å². The third-order valence-electron chi connectivity index (χ3n) is 5.08. The summed E-state index contributed by atoms with van der Waals surface area (Å²) in [6.07, 6.45) is 7.10. The van der Waals surface area contributed by atoms with Crippen molar-refractivity contribution < 1.29 is 0 Å². The molecular formula is C17H25N3. The summed E-state index contributed by atoms with van der Waals surface area (Å²) in [5.74, 6) is 0.636. The van der Waals surface area contributed by atoms with Crippen molar-refractivity contribution >= 4 is 10.9 Å². The second-order valence-corrected chi connectivity index (χ2v) is 6.35. The van der Waals surface area contributed by atoms with Crippen LogP contribution in [0.4, 0.5) is 0 Å². The van der Waals surface area contributed by atoms with Gasteiger partial charge in [0.1, 0.15) is 0 Å². The molecule has 1 saturated carbocycles. The maximum atomic E-state index is 6.80. The van der Waals surface area contributed by atoms with Gasteiger partial charge < -0.3 is 5.73 Å². The number of aryl methyl sites for hydroxylation is 1. The number of benzene rings is 1. The molecule has 2 aromatic rings. The normalized spacial score (nSPS) is 27.1. The van der Waals surface area contributed by atoms with Gasteiger partial charge in [-0.15, -0.1) is 0 Å². The van der Waals surface area contributed by atoms with Crippen molar-refractivity contribution in [2.75, 3.05) is 0 Å². The Balaban J connectivity index is 1.96. The molecule has 1 heterocycles. The first-order valence-corrected chi connectivity index (χ1v) is 7.83. The molecule has 1 fully saturated rings. The molecule has 3 heteroatoms. The van der Waals surface area contributed by atoms with E-state index >= 15 is 0 Å². The Morgan fingerprint density at radius 3 is 2.95 bits per heavy atom. The van der Waals surface area contributed by atoms with E-state index in [1.807, 2.05) is 11.7 Å². The Hall–Kier alpha value is -1.35. The molecule has 1 aliphatic rings. The van der Waals surface area contributed by atoms with E-state index in [0.717, 1.165) is 12.8 Å². The van der Waals surface area contributed by atoms with Crippen LogP contribution >= 0.6 is 0 Å². The predicted octanol–water partition coefficient (Wildman–Crippen LogP) is 3.41. The second kappa shape index (κ2) is 5.21. The average Bonchev–Trinajstić information content (AvgIpc) is 2.76. The van der Waals surface area contributed by atoms with Crippen LogP contribution in [0.2, 0.25) is 0 Å². The predicted molar refractivity (Wildman–Crippen MR) is 83.6 cm³/mol. The third kappa shape index (κ3) is 2.24. The summed E-state index contributed by atoms with van der Waals surface area (Å²) < 4.78 is 1.98. The zero-order valence-electron chi connectivity index (χ0n) is 12.6. The minimum atomic E-state index is -0.0654. The molecule has 0 radical (unpaired) electrons. The molecule has 0 bridgehead atoms. The zero-order valence-corrected chi connectivity index (χ0v) is 12.6. The number of rotatable bonds is 3. The van der Waals surface area contributed by atoms with E-state index in [-0.39, 0.29) is 5.54 Å². The fourth-order valence-electron chi connectivity index (χ4n) is 3.91. The van der Waals surface area contributed by atoms with Crippen molar-refractivity contribution in [3.63, 3.8) is 0 Å². The summed E-state index contributed by atoms with van der Waals surface area (Å²) in [4.78, 5) is 0. The quantitative estimate of drug-likeness (QED) is 0.929. The van der Waals surface area contributed by atoms with Crippen molar-refractivity contribution in [3.05, 3.63) is 30.0 Å². The minimum Gasteiger partial charge on any atom is -0.324 e. The van der Waals surface area contributed by atoms with Gasteiger partial charge in [-0.3, -0.25) is 4.68 Å². The van der Waals surface area contributed by atoms with Crippen LogP contribution in [0.5, 0.6) is 0 Å². The van der Waals surface area contributed by atoms with Crippen LogP contribution in [-0.2, 0) is 13.5 Å². The highest BCUT2D eigenvalue weighted by Gasteiger charge is 2.37. The van der Waals surface area contributed by atoms with Crippen LogP contribution in [0.1, 0.15) is 44.7 Å². The molecule has 0 saturated heterocycles. The molecule has 1 aromatic heterocycles. The number of hydrogen-bond acceptors (Lipinski definition) is 2. The standard InChI is InChI=1S/C17H25N3/c1-3-13-8-6-7-11-17(13,18)12-15-14-9-4-5-10-16(14)20(2)19-15/h4-5,9-10,13H,3,6-8,11-12,18H2,1-2H3. The van der Waals surface area contributed by atoms with E-state index < -0.39 is 0 Å². The lowest BCUT2D eigenvalue weighted by atomic mass is 9.69. The molecule has 2 unspecified atom stereocenters. The highest BCUT2D eigenvalue weighted by molar-refractivity contribution is 5.82. The Labute approximate surface area is 121 Å². The minimum absolute atomic E-state index is 0.0654. The number of fused-ring (bicyclic) bond motifs is 1. The first-order valence-electron chi connectivity index (χ1n) is 7.83. The van der Waals surface area contributed by atoms with Gasteiger partial charge in [-0.2, -0.15) is 5.10 Å². The fraction of sp³-hybridized carbons (Fsp3) is 0.588. The Kier molecular flexibility index (Phi) is 3.55. The molecule has 3 rings (SSSR count). The van der Waals surface area contributed by atoms with Crippen molar-refractivity contribution in [2.24, 2.45) is 18.7 Å². The van der Waals surface area contributed by atoms with Gasteiger partial charge in [-0.1, -0.05) is 44.4 Å². The number of para-hydroxylation sites is 1. The molecule has 1 aromatic carbocycles. The monoisotopic (exact) mass is 271 g/mol. The summed E-state index contributed by atoms with van der Waals surface area (Å²) in [5.41, 5.74) is 9.11. The Morgan fingerprint density at radius 2 is 2.15 bits per heavy atom. The Bertz CT molecular complexity index is 601. The number of nitrogens with zero attached hydrogens (tertiary/aromatic N) is 2. The first-order chi connectivity index (χ1) is 9.64. The van der Waals surface area contributed by atoms with Gasteiger partial charge in [0.2, 0.25) is 0 Å². The highest BCUT2D eigenvalue weighted by atomic mass is 15.3. The summed E-state index contributed by atoms with van der Waals surface area (Å²) in [7, 11) is 2.02. The second-order valence-electron chi connectivity index (χ2n) is 6.35. The maximum Gasteiger partial charge on any atom is 0.0721 e. The number of hydrogen-bond donors (Lipinski definition) is 1. The molecule has 108 valence electrons. The lowest BCUT2D eigenvalue weighted by molar-refractivity contribution is 0.181. The summed E-state index contributed by atoms with van der Waals surface area (Å²) in [5, 5.41) is 6.00. The Morgan fingerprint density at radius 1 is 1.35 bits per heavy atom. The van der Waals surface area contributed by atoms with Crippen molar-refractivity contribution in [1.29, 1.82) is 0 Å². The van der Waals surface area contributed by atoms with Crippen molar-refractivity contribution in [1.82, 2.24) is 9.78 Å². The summed E-state index contributed by atoms with van der Waals surface area (Å²) in [6.45, 7) is 2.27. The molecule has 0 aliphatic heterocycles. The smallest absolute Gasteiger partial charge is 0.0721 e. The number of aromatic nitrogens is 2. The topological polar surface area (TPSA) is 43.8 Å². The third-order valence-corrected chi connectivity index (χ3v) is 5.08. The summed E-state index contributed by atoms with van der Waals surface area (Å²) >= 11 is 0. The van der Waals surface area contributed by atoms with E-state index in [2.05, 4.69) is 31.2 Å². The van der Waals surface area contributed by atoms with Crippen LogP contribution < -0.4 is 5.73 Å². The van der Waals surface area contributed by atoms with E-state index in [1.165, 1.54) is 42.3 Å². The largest absolute Gasteiger partial charge is 0.324 e. The van der Waals surface area contributed by atoms with Gasteiger partial charge in [0, 0.05) is 24.4 Å². The SMILES string of the molecule is CCC1CCCCC1(N)Cc1nn(C)c2ccccc12. The molecule has 3 nitrogen and oxygen atoms in total. The lowest BCUT2D eigenvalue weighted by Gasteiger charge is -2.41. The van der Waals surface area contributed by atoms with Gasteiger partial charge in [-0.05, 0) is 24.8 Å². The first kappa shape index (κ1) is 13.6. The van der Waals surface area contributed by atoms with E-state index in [4.69, 9.17) is 10.8 Å². The van der Waals surface area contributed by atoms with Gasteiger partial charge in [-0.25, -0.2) is 0 Å². The van der Waals surface area contributed by atoms with E-state index in [9.17, 15) is 0 Å². The van der Waals surface area contributed by atoms with Crippen LogP contribution in [-0.4, -0.2) is 15.3 Å². The molecule has 2 atom stereocenters. The molecule has 20 heavy (non-hydrogen) atoms. The molecule has 2 N–H and O–H groups in total. The molecule has 0 spiro atoms. The summed E-state index contributed by atoms with van der Waals surface area (Å²) in [6, 6.07) is 8.47. The van der Waals surface area contributed by atoms with Crippen molar-refractivity contribution in [3.8, 4) is 0 Å². The lowest BCUT2D eigenvalue weighted by Crippen LogP contribution is -2.51. The van der Waals surface area contributed by atoms with Crippen LogP contribution in [0.15, 0.2) is 24.3 Å². The molecule has 1 aliphatic carbocycles. The molecule has 0 amide bonds. The van der Waals surface area contributed by atoms with E-state index in [1.54, 1.807) is 0 Å². The highest BCUT2D eigenvalue weighted by Crippen LogP contribution is 2.37. The van der Waals surface area contributed by atoms with Gasteiger partial charge in [0.05, 0.1) is 11.2 Å². The maximum absolute atomic E-state index is 6.80. The number of nitrogens with two attached hydrogens (primary N) is 1. The average molecular weight is 271 g/mol. The van der Waals surface area contributed by atoms with E-state index in [0.29, 0.717) is 5.92 Å². The van der Waals surface area contributed by atoms with Crippen LogP contribution in [0.3, 0.4) is 0 Å². The van der Waals surface area contributed by atoms with Crippen LogP contribution in [0, 0.1) is 5.92 Å². The fourth-order valence-corrected chi connectivity index (χ4v) is 3.91. The van der Waals surface area contributed by atoms with Gasteiger partial charge in [0.15, 0.2) is 0 Å².